The number of amides is 1. The van der Waals surface area contributed by atoms with Crippen LogP contribution in [0.5, 0.6) is 0 Å². The molecule has 1 fully saturated rings. The summed E-state index contributed by atoms with van der Waals surface area (Å²) in [6, 6.07) is 10.7. The Kier molecular flexibility index (Phi) is 5.26. The fourth-order valence-electron chi connectivity index (χ4n) is 3.08. The number of hydrogen-bond acceptors (Lipinski definition) is 2. The molecule has 4 nitrogen and oxygen atoms in total. The monoisotopic (exact) mass is 307 g/mol. The molecule has 0 spiro atoms. The predicted octanol–water partition coefficient (Wildman–Crippen LogP) is 2.86. The van der Waals surface area contributed by atoms with Gasteiger partial charge in [-0.3, -0.25) is 4.79 Å². The quantitative estimate of drug-likeness (QED) is 0.916. The van der Waals surface area contributed by atoms with Crippen molar-refractivity contribution < 1.29 is 4.79 Å². The fourth-order valence-corrected chi connectivity index (χ4v) is 3.08. The van der Waals surface area contributed by atoms with Crippen LogP contribution in [0.15, 0.2) is 30.3 Å². The Hall–Kier alpha value is -1.52. The first kappa shape index (κ1) is 15.9. The molecular formula is C16H22ClN3O. The van der Waals surface area contributed by atoms with Crippen LogP contribution in [0.1, 0.15) is 31.0 Å². The first-order chi connectivity index (χ1) is 9.79. The number of fused-ring (bicyclic) bond motifs is 1. The maximum Gasteiger partial charge on any atom is 0.237 e. The molecule has 1 aliphatic rings. The van der Waals surface area contributed by atoms with Gasteiger partial charge in [0.25, 0.3) is 0 Å². The lowest BCUT2D eigenvalue weighted by atomic mass is 9.99. The highest BCUT2D eigenvalue weighted by Gasteiger charge is 2.28. The van der Waals surface area contributed by atoms with Crippen LogP contribution in [0.4, 0.5) is 0 Å². The number of nitrogens with zero attached hydrogens (tertiary/aromatic N) is 1. The lowest BCUT2D eigenvalue weighted by molar-refractivity contribution is -0.134. The van der Waals surface area contributed by atoms with Crippen molar-refractivity contribution >= 4 is 29.2 Å². The Balaban J connectivity index is 0.00000161. The van der Waals surface area contributed by atoms with Gasteiger partial charge in [-0.15, -0.1) is 12.4 Å². The third kappa shape index (κ3) is 3.22. The van der Waals surface area contributed by atoms with Crippen LogP contribution in [0.3, 0.4) is 0 Å². The number of likely N-dealkylation sites (tertiary alicyclic amines) is 1. The second kappa shape index (κ2) is 6.96. The normalized spacial score (nSPS) is 18.5. The first-order valence-corrected chi connectivity index (χ1v) is 7.31. The molecule has 21 heavy (non-hydrogen) atoms. The van der Waals surface area contributed by atoms with E-state index in [1.807, 2.05) is 24.1 Å². The number of benzene rings is 1. The lowest BCUT2D eigenvalue weighted by Gasteiger charge is -2.35. The number of nitrogens with one attached hydrogen (secondary N) is 2. The number of halogens is 1. The Bertz CT molecular complexity index is 577. The Labute approximate surface area is 131 Å². The molecule has 1 saturated heterocycles. The predicted molar refractivity (Wildman–Crippen MR) is 87.8 cm³/mol. The number of para-hydroxylation sites is 1. The zero-order valence-corrected chi connectivity index (χ0v) is 13.1. The van der Waals surface area contributed by atoms with Crippen LogP contribution in [0, 0.1) is 0 Å². The van der Waals surface area contributed by atoms with Crippen LogP contribution in [0.25, 0.3) is 10.9 Å². The molecule has 114 valence electrons. The summed E-state index contributed by atoms with van der Waals surface area (Å²) in [5.41, 5.74) is 2.31. The standard InChI is InChI=1S/C16H21N3O.ClH/c1-17-11-16(20)19-9-5-4-8-15(19)14-10-12-6-2-3-7-13(12)18-14;/h2-3,6-7,10,15,17-18H,4-5,8-9,11H2,1H3;1H. The first-order valence-electron chi connectivity index (χ1n) is 7.31. The van der Waals surface area contributed by atoms with Crippen LogP contribution in [-0.4, -0.2) is 35.9 Å². The zero-order valence-electron chi connectivity index (χ0n) is 12.3. The molecule has 0 saturated carbocycles. The van der Waals surface area contributed by atoms with E-state index in [1.54, 1.807) is 0 Å². The summed E-state index contributed by atoms with van der Waals surface area (Å²) in [6.07, 6.45) is 3.33. The zero-order chi connectivity index (χ0) is 13.9. The van der Waals surface area contributed by atoms with Gasteiger partial charge in [0.1, 0.15) is 0 Å². The highest BCUT2D eigenvalue weighted by molar-refractivity contribution is 5.85. The van der Waals surface area contributed by atoms with Crippen LogP contribution >= 0.6 is 12.4 Å². The van der Waals surface area contributed by atoms with Gasteiger partial charge in [0.15, 0.2) is 0 Å². The van der Waals surface area contributed by atoms with Crippen LogP contribution < -0.4 is 5.32 Å². The minimum atomic E-state index is 0. The van der Waals surface area contributed by atoms with E-state index in [0.717, 1.165) is 30.6 Å². The summed E-state index contributed by atoms with van der Waals surface area (Å²) < 4.78 is 0. The van der Waals surface area contributed by atoms with E-state index in [1.165, 1.54) is 11.8 Å². The average molecular weight is 308 g/mol. The van der Waals surface area contributed by atoms with E-state index in [4.69, 9.17) is 0 Å². The van der Waals surface area contributed by atoms with Crippen LogP contribution in [0.2, 0.25) is 0 Å². The second-order valence-electron chi connectivity index (χ2n) is 5.44. The number of rotatable bonds is 3. The molecule has 0 radical (unpaired) electrons. The molecule has 0 bridgehead atoms. The van der Waals surface area contributed by atoms with Gasteiger partial charge >= 0.3 is 0 Å². The number of carbonyl (C=O) groups is 1. The largest absolute Gasteiger partial charge is 0.357 e. The fraction of sp³-hybridized carbons (Fsp3) is 0.438. The Morgan fingerprint density at radius 3 is 2.95 bits per heavy atom. The van der Waals surface area contributed by atoms with E-state index in [-0.39, 0.29) is 24.4 Å². The summed E-state index contributed by atoms with van der Waals surface area (Å²) in [7, 11) is 1.82. The van der Waals surface area contributed by atoms with Crippen LogP contribution in [-0.2, 0) is 4.79 Å². The van der Waals surface area contributed by atoms with Gasteiger partial charge < -0.3 is 15.2 Å². The van der Waals surface area contributed by atoms with Crippen molar-refractivity contribution in [2.45, 2.75) is 25.3 Å². The van der Waals surface area contributed by atoms with Crippen molar-refractivity contribution in [1.82, 2.24) is 15.2 Å². The molecule has 1 amide bonds. The van der Waals surface area contributed by atoms with Gasteiger partial charge in [0.2, 0.25) is 5.91 Å². The second-order valence-corrected chi connectivity index (χ2v) is 5.44. The SMILES string of the molecule is CNCC(=O)N1CCCCC1c1cc2ccccc2[nH]1.Cl. The van der Waals surface area contributed by atoms with Gasteiger partial charge in [0.05, 0.1) is 12.6 Å². The molecule has 1 aliphatic heterocycles. The number of likely N-dealkylation sites (N-methyl/N-ethyl adjacent to an activating group) is 1. The number of hydrogen-bond donors (Lipinski definition) is 2. The molecule has 1 unspecified atom stereocenters. The number of carbonyl (C=O) groups excluding carboxylic acids is 1. The van der Waals surface area contributed by atoms with E-state index in [9.17, 15) is 4.79 Å². The topological polar surface area (TPSA) is 48.1 Å². The number of aromatic nitrogens is 1. The van der Waals surface area contributed by atoms with Crippen molar-refractivity contribution in [2.75, 3.05) is 20.1 Å². The number of piperidine rings is 1. The van der Waals surface area contributed by atoms with Crippen molar-refractivity contribution in [3.05, 3.63) is 36.0 Å². The molecule has 2 N–H and O–H groups in total. The molecule has 5 heteroatoms. The van der Waals surface area contributed by atoms with E-state index in [0.29, 0.717) is 6.54 Å². The average Bonchev–Trinajstić information content (AvgIpc) is 2.91. The van der Waals surface area contributed by atoms with E-state index < -0.39 is 0 Å². The Morgan fingerprint density at radius 1 is 1.38 bits per heavy atom. The number of aromatic amines is 1. The minimum Gasteiger partial charge on any atom is -0.357 e. The van der Waals surface area contributed by atoms with Gasteiger partial charge in [0, 0.05) is 17.8 Å². The molecular weight excluding hydrogens is 286 g/mol. The van der Waals surface area contributed by atoms with Crippen molar-refractivity contribution in [3.8, 4) is 0 Å². The highest BCUT2D eigenvalue weighted by Crippen LogP contribution is 2.32. The summed E-state index contributed by atoms with van der Waals surface area (Å²) in [4.78, 5) is 17.7. The maximum absolute atomic E-state index is 12.2. The maximum atomic E-state index is 12.2. The molecule has 3 rings (SSSR count). The lowest BCUT2D eigenvalue weighted by Crippen LogP contribution is -2.42. The van der Waals surface area contributed by atoms with E-state index in [2.05, 4.69) is 28.5 Å². The number of H-pyrrole nitrogens is 1. The summed E-state index contributed by atoms with van der Waals surface area (Å²) >= 11 is 0. The van der Waals surface area contributed by atoms with Crippen molar-refractivity contribution in [1.29, 1.82) is 0 Å². The minimum absolute atomic E-state index is 0. The van der Waals surface area contributed by atoms with Gasteiger partial charge in [-0.2, -0.15) is 0 Å². The summed E-state index contributed by atoms with van der Waals surface area (Å²) in [5.74, 6) is 0.191. The molecule has 1 aromatic carbocycles. The van der Waals surface area contributed by atoms with Gasteiger partial charge in [-0.1, -0.05) is 18.2 Å². The van der Waals surface area contributed by atoms with Gasteiger partial charge in [-0.25, -0.2) is 0 Å². The molecule has 0 aliphatic carbocycles. The third-order valence-electron chi connectivity index (χ3n) is 4.06. The smallest absolute Gasteiger partial charge is 0.237 e. The summed E-state index contributed by atoms with van der Waals surface area (Å²) in [5, 5.41) is 4.18. The molecule has 1 aromatic heterocycles. The van der Waals surface area contributed by atoms with Crippen molar-refractivity contribution in [2.24, 2.45) is 0 Å². The Morgan fingerprint density at radius 2 is 2.19 bits per heavy atom. The summed E-state index contributed by atoms with van der Waals surface area (Å²) in [6.45, 7) is 1.28. The van der Waals surface area contributed by atoms with E-state index >= 15 is 0 Å². The molecule has 1 atom stereocenters. The van der Waals surface area contributed by atoms with Crippen molar-refractivity contribution in [3.63, 3.8) is 0 Å². The van der Waals surface area contributed by atoms with Gasteiger partial charge in [-0.05, 0) is 43.8 Å². The molecule has 2 aromatic rings. The highest BCUT2D eigenvalue weighted by atomic mass is 35.5. The third-order valence-corrected chi connectivity index (χ3v) is 4.06. The molecule has 2 heterocycles.